The van der Waals surface area contributed by atoms with Crippen molar-refractivity contribution in [3.63, 3.8) is 0 Å². The summed E-state index contributed by atoms with van der Waals surface area (Å²) in [4.78, 5) is 28.3. The standard InChI is InChI=1S/C26H20N2O3/c1-28-17-22(14-19-7-10-21(11-8-19)26(30)31)25(29)23-15-18(9-12-24(23)28)4-2-5-20-6-3-13-27-16-20/h3,6-13,15-17H,5,14H2,1H3,(H,30,31). The summed E-state index contributed by atoms with van der Waals surface area (Å²) in [5, 5.41) is 9.67. The number of aromatic carboxylic acids is 1. The largest absolute Gasteiger partial charge is 0.478 e. The number of carbonyl (C=O) groups is 1. The monoisotopic (exact) mass is 408 g/mol. The van der Waals surface area contributed by atoms with Gasteiger partial charge in [0.2, 0.25) is 0 Å². The lowest BCUT2D eigenvalue weighted by Crippen LogP contribution is -2.14. The van der Waals surface area contributed by atoms with Gasteiger partial charge < -0.3 is 9.67 Å². The Kier molecular flexibility index (Phi) is 5.63. The van der Waals surface area contributed by atoms with Crippen molar-refractivity contribution in [3.05, 3.63) is 111 Å². The Morgan fingerprint density at radius 2 is 1.90 bits per heavy atom. The Balaban J connectivity index is 1.65. The lowest BCUT2D eigenvalue weighted by Gasteiger charge is -2.10. The number of nitrogens with zero attached hydrogens (tertiary/aromatic N) is 2. The second-order valence-electron chi connectivity index (χ2n) is 7.34. The van der Waals surface area contributed by atoms with Crippen LogP contribution in [0.3, 0.4) is 0 Å². The van der Waals surface area contributed by atoms with Crippen molar-refractivity contribution >= 4 is 16.9 Å². The van der Waals surface area contributed by atoms with Gasteiger partial charge in [-0.1, -0.05) is 30.0 Å². The number of hydrogen-bond donors (Lipinski definition) is 1. The predicted octanol–water partition coefficient (Wildman–Crippen LogP) is 3.82. The van der Waals surface area contributed by atoms with E-state index in [0.717, 1.165) is 22.2 Å². The first-order chi connectivity index (χ1) is 15.0. The van der Waals surface area contributed by atoms with E-state index >= 15 is 0 Å². The van der Waals surface area contributed by atoms with Crippen LogP contribution in [0.5, 0.6) is 0 Å². The van der Waals surface area contributed by atoms with Gasteiger partial charge >= 0.3 is 5.97 Å². The van der Waals surface area contributed by atoms with Gasteiger partial charge in [0.1, 0.15) is 0 Å². The molecule has 0 radical (unpaired) electrons. The van der Waals surface area contributed by atoms with E-state index in [1.54, 1.807) is 36.7 Å². The molecule has 31 heavy (non-hydrogen) atoms. The molecular weight excluding hydrogens is 388 g/mol. The maximum Gasteiger partial charge on any atom is 0.335 e. The molecule has 2 aromatic heterocycles. The Morgan fingerprint density at radius 3 is 2.61 bits per heavy atom. The highest BCUT2D eigenvalue weighted by atomic mass is 16.4. The summed E-state index contributed by atoms with van der Waals surface area (Å²) in [7, 11) is 1.91. The number of carboxylic acids is 1. The quantitative estimate of drug-likeness (QED) is 0.521. The smallest absolute Gasteiger partial charge is 0.335 e. The van der Waals surface area contributed by atoms with E-state index in [9.17, 15) is 9.59 Å². The van der Waals surface area contributed by atoms with Crippen LogP contribution in [-0.2, 0) is 19.9 Å². The second kappa shape index (κ2) is 8.68. The van der Waals surface area contributed by atoms with Crippen molar-refractivity contribution in [2.45, 2.75) is 12.8 Å². The van der Waals surface area contributed by atoms with Crippen LogP contribution in [-0.4, -0.2) is 20.6 Å². The molecule has 1 N–H and O–H groups in total. The lowest BCUT2D eigenvalue weighted by atomic mass is 10.0. The number of pyridine rings is 2. The van der Waals surface area contributed by atoms with Crippen molar-refractivity contribution in [1.82, 2.24) is 9.55 Å². The third-order valence-electron chi connectivity index (χ3n) is 5.11. The van der Waals surface area contributed by atoms with Gasteiger partial charge in [0.25, 0.3) is 0 Å². The van der Waals surface area contributed by atoms with Crippen LogP contribution in [0.1, 0.15) is 32.6 Å². The molecule has 0 spiro atoms. The number of fused-ring (bicyclic) bond motifs is 1. The SMILES string of the molecule is Cn1cc(Cc2ccc(C(=O)O)cc2)c(=O)c2cc(C#CCc3cccnc3)ccc21. The summed E-state index contributed by atoms with van der Waals surface area (Å²) in [6, 6.07) is 16.1. The van der Waals surface area contributed by atoms with Gasteiger partial charge in [-0.2, -0.15) is 0 Å². The topological polar surface area (TPSA) is 72.2 Å². The highest BCUT2D eigenvalue weighted by molar-refractivity contribution is 5.87. The first kappa shape index (κ1) is 20.1. The van der Waals surface area contributed by atoms with Crippen LogP contribution in [0.15, 0.2) is 78.0 Å². The van der Waals surface area contributed by atoms with E-state index in [4.69, 9.17) is 5.11 Å². The number of aromatic nitrogens is 2. The van der Waals surface area contributed by atoms with E-state index < -0.39 is 5.97 Å². The van der Waals surface area contributed by atoms with E-state index in [2.05, 4.69) is 16.8 Å². The third-order valence-corrected chi connectivity index (χ3v) is 5.11. The van der Waals surface area contributed by atoms with Crippen LogP contribution in [0, 0.1) is 11.8 Å². The molecule has 0 unspecified atom stereocenters. The number of hydrogen-bond acceptors (Lipinski definition) is 3. The maximum absolute atomic E-state index is 13.1. The van der Waals surface area contributed by atoms with Crippen LogP contribution >= 0.6 is 0 Å². The molecule has 2 heterocycles. The summed E-state index contributed by atoms with van der Waals surface area (Å²) < 4.78 is 1.94. The fourth-order valence-corrected chi connectivity index (χ4v) is 3.50. The van der Waals surface area contributed by atoms with Gasteiger partial charge in [0.15, 0.2) is 5.43 Å². The maximum atomic E-state index is 13.1. The number of rotatable bonds is 4. The van der Waals surface area contributed by atoms with Gasteiger partial charge in [-0.05, 0) is 47.5 Å². The third kappa shape index (κ3) is 4.54. The van der Waals surface area contributed by atoms with Crippen LogP contribution < -0.4 is 5.43 Å². The van der Waals surface area contributed by atoms with Crippen molar-refractivity contribution in [1.29, 1.82) is 0 Å². The van der Waals surface area contributed by atoms with E-state index in [1.165, 1.54) is 0 Å². The van der Waals surface area contributed by atoms with Crippen molar-refractivity contribution in [2.75, 3.05) is 0 Å². The average molecular weight is 408 g/mol. The lowest BCUT2D eigenvalue weighted by molar-refractivity contribution is 0.0697. The molecular formula is C26H20N2O3. The zero-order valence-corrected chi connectivity index (χ0v) is 17.0. The predicted molar refractivity (Wildman–Crippen MR) is 120 cm³/mol. The summed E-state index contributed by atoms with van der Waals surface area (Å²) in [6.07, 6.45) is 6.38. The molecule has 2 aromatic carbocycles. The van der Waals surface area contributed by atoms with Crippen LogP contribution in [0.25, 0.3) is 10.9 Å². The molecule has 0 saturated carbocycles. The summed E-state index contributed by atoms with van der Waals surface area (Å²) in [6.45, 7) is 0. The fourth-order valence-electron chi connectivity index (χ4n) is 3.50. The van der Waals surface area contributed by atoms with E-state index in [-0.39, 0.29) is 11.0 Å². The number of aryl methyl sites for hydroxylation is 1. The van der Waals surface area contributed by atoms with Crippen molar-refractivity contribution < 1.29 is 9.90 Å². The Hall–Kier alpha value is -4.17. The first-order valence-electron chi connectivity index (χ1n) is 9.83. The fraction of sp³-hybridized carbons (Fsp3) is 0.115. The molecule has 4 aromatic rings. The minimum absolute atomic E-state index is 0.0358. The molecule has 0 saturated heterocycles. The van der Waals surface area contributed by atoms with Crippen LogP contribution in [0.4, 0.5) is 0 Å². The van der Waals surface area contributed by atoms with Gasteiger partial charge in [-0.3, -0.25) is 9.78 Å². The molecule has 5 nitrogen and oxygen atoms in total. The molecule has 0 atom stereocenters. The molecule has 4 rings (SSSR count). The highest BCUT2D eigenvalue weighted by Crippen LogP contribution is 2.16. The Morgan fingerprint density at radius 1 is 1.10 bits per heavy atom. The minimum atomic E-state index is -0.967. The highest BCUT2D eigenvalue weighted by Gasteiger charge is 2.10. The number of carboxylic acid groups (broad SMARTS) is 1. The van der Waals surface area contributed by atoms with Gasteiger partial charge in [0, 0.05) is 55.0 Å². The van der Waals surface area contributed by atoms with Crippen molar-refractivity contribution in [3.8, 4) is 11.8 Å². The number of benzene rings is 2. The second-order valence-corrected chi connectivity index (χ2v) is 7.34. The summed E-state index contributed by atoms with van der Waals surface area (Å²) in [5.41, 5.74) is 4.40. The molecule has 152 valence electrons. The van der Waals surface area contributed by atoms with Gasteiger partial charge in [-0.15, -0.1) is 0 Å². The first-order valence-corrected chi connectivity index (χ1v) is 9.83. The Bertz CT molecular complexity index is 1380. The van der Waals surface area contributed by atoms with Gasteiger partial charge in [-0.25, -0.2) is 4.79 Å². The summed E-state index contributed by atoms with van der Waals surface area (Å²) >= 11 is 0. The molecule has 0 aliphatic rings. The molecule has 0 aliphatic heterocycles. The average Bonchev–Trinajstić information content (AvgIpc) is 2.78. The van der Waals surface area contributed by atoms with Crippen molar-refractivity contribution in [2.24, 2.45) is 7.05 Å². The molecule has 0 bridgehead atoms. The minimum Gasteiger partial charge on any atom is -0.478 e. The van der Waals surface area contributed by atoms with E-state index in [0.29, 0.717) is 23.8 Å². The summed E-state index contributed by atoms with van der Waals surface area (Å²) in [5.74, 6) is 5.31. The van der Waals surface area contributed by atoms with Crippen LogP contribution in [0.2, 0.25) is 0 Å². The van der Waals surface area contributed by atoms with E-state index in [1.807, 2.05) is 48.1 Å². The molecule has 5 heteroatoms. The van der Waals surface area contributed by atoms with Gasteiger partial charge in [0.05, 0.1) is 11.1 Å². The molecule has 0 fully saturated rings. The molecule has 0 amide bonds. The zero-order valence-electron chi connectivity index (χ0n) is 17.0. The molecule has 0 aliphatic carbocycles. The Labute approximate surface area is 179 Å². The normalized spacial score (nSPS) is 10.5. The zero-order chi connectivity index (χ0) is 21.8.